The van der Waals surface area contributed by atoms with Gasteiger partial charge in [-0.1, -0.05) is 24.3 Å². The minimum absolute atomic E-state index is 0.147. The Kier molecular flexibility index (Phi) is 4.30. The standard InChI is InChI=1S/C15H15FN2O2/c1-10(19)17-8-9-18-15(20)13-6-7-14(16)12-5-3-2-4-11(12)13/h2-7H,8-9H2,1H3,(H,17,19)(H,18,20). The average molecular weight is 274 g/mol. The second-order valence-electron chi connectivity index (χ2n) is 4.38. The van der Waals surface area contributed by atoms with Gasteiger partial charge in [0.1, 0.15) is 5.82 Å². The van der Waals surface area contributed by atoms with Gasteiger partial charge >= 0.3 is 0 Å². The molecule has 2 amide bonds. The normalized spacial score (nSPS) is 10.3. The van der Waals surface area contributed by atoms with Crippen molar-refractivity contribution in [3.8, 4) is 0 Å². The number of nitrogens with one attached hydrogen (secondary N) is 2. The Morgan fingerprint density at radius 1 is 1.00 bits per heavy atom. The minimum atomic E-state index is -0.351. The lowest BCUT2D eigenvalue weighted by molar-refractivity contribution is -0.118. The molecule has 0 radical (unpaired) electrons. The van der Waals surface area contributed by atoms with E-state index in [4.69, 9.17) is 0 Å². The van der Waals surface area contributed by atoms with E-state index in [0.29, 0.717) is 29.4 Å². The molecule has 20 heavy (non-hydrogen) atoms. The molecule has 0 fully saturated rings. The number of carbonyl (C=O) groups excluding carboxylic acids is 2. The SMILES string of the molecule is CC(=O)NCCNC(=O)c1ccc(F)c2ccccc12. The van der Waals surface area contributed by atoms with Gasteiger partial charge in [-0.25, -0.2) is 4.39 Å². The summed E-state index contributed by atoms with van der Waals surface area (Å²) < 4.78 is 13.6. The molecule has 4 nitrogen and oxygen atoms in total. The van der Waals surface area contributed by atoms with Crippen molar-refractivity contribution < 1.29 is 14.0 Å². The van der Waals surface area contributed by atoms with Gasteiger partial charge in [0.2, 0.25) is 5.91 Å². The predicted molar refractivity (Wildman–Crippen MR) is 74.9 cm³/mol. The molecular formula is C15H15FN2O2. The Labute approximate surface area is 116 Å². The van der Waals surface area contributed by atoms with Crippen molar-refractivity contribution in [1.82, 2.24) is 10.6 Å². The first kappa shape index (κ1) is 14.0. The van der Waals surface area contributed by atoms with Gasteiger partial charge in [-0.05, 0) is 17.5 Å². The highest BCUT2D eigenvalue weighted by atomic mass is 19.1. The summed E-state index contributed by atoms with van der Waals surface area (Å²) in [5.74, 6) is -0.784. The van der Waals surface area contributed by atoms with Gasteiger partial charge in [0.25, 0.3) is 5.91 Å². The molecule has 104 valence electrons. The molecule has 0 aliphatic heterocycles. The molecule has 0 bridgehead atoms. The zero-order valence-corrected chi connectivity index (χ0v) is 11.1. The van der Waals surface area contributed by atoms with Crippen molar-refractivity contribution >= 4 is 22.6 Å². The van der Waals surface area contributed by atoms with Gasteiger partial charge in [-0.15, -0.1) is 0 Å². The fourth-order valence-corrected chi connectivity index (χ4v) is 1.97. The molecule has 0 aromatic heterocycles. The zero-order chi connectivity index (χ0) is 14.5. The first-order valence-corrected chi connectivity index (χ1v) is 6.29. The smallest absolute Gasteiger partial charge is 0.251 e. The van der Waals surface area contributed by atoms with Crippen LogP contribution in [0.4, 0.5) is 4.39 Å². The third-order valence-corrected chi connectivity index (χ3v) is 2.90. The monoisotopic (exact) mass is 274 g/mol. The summed E-state index contributed by atoms with van der Waals surface area (Å²) in [4.78, 5) is 22.8. The lowest BCUT2D eigenvalue weighted by Gasteiger charge is -2.09. The van der Waals surface area contributed by atoms with E-state index in [2.05, 4.69) is 10.6 Å². The van der Waals surface area contributed by atoms with Gasteiger partial charge in [0.15, 0.2) is 0 Å². The maximum Gasteiger partial charge on any atom is 0.251 e. The molecule has 0 saturated heterocycles. The number of rotatable bonds is 4. The summed E-state index contributed by atoms with van der Waals surface area (Å²) in [5, 5.41) is 6.27. The lowest BCUT2D eigenvalue weighted by Crippen LogP contribution is -2.33. The van der Waals surface area contributed by atoms with Gasteiger partial charge in [-0.2, -0.15) is 0 Å². The molecule has 0 saturated carbocycles. The number of amides is 2. The second-order valence-corrected chi connectivity index (χ2v) is 4.38. The average Bonchev–Trinajstić information content (AvgIpc) is 2.44. The molecule has 0 atom stereocenters. The summed E-state index contributed by atoms with van der Waals surface area (Å²) in [6, 6.07) is 9.58. The van der Waals surface area contributed by atoms with E-state index < -0.39 is 0 Å². The lowest BCUT2D eigenvalue weighted by atomic mass is 10.0. The second kappa shape index (κ2) is 6.14. The zero-order valence-electron chi connectivity index (χ0n) is 11.1. The molecule has 5 heteroatoms. The number of hydrogen-bond donors (Lipinski definition) is 2. The molecule has 0 heterocycles. The molecular weight excluding hydrogens is 259 g/mol. The summed E-state index contributed by atoms with van der Waals surface area (Å²) in [5.41, 5.74) is 0.421. The summed E-state index contributed by atoms with van der Waals surface area (Å²) >= 11 is 0. The Bertz CT molecular complexity index is 655. The number of hydrogen-bond acceptors (Lipinski definition) is 2. The van der Waals surface area contributed by atoms with Gasteiger partial charge in [-0.3, -0.25) is 9.59 Å². The Morgan fingerprint density at radius 2 is 1.65 bits per heavy atom. The van der Waals surface area contributed by atoms with Gasteiger partial charge in [0.05, 0.1) is 0 Å². The molecule has 0 aliphatic carbocycles. The van der Waals surface area contributed by atoms with E-state index >= 15 is 0 Å². The van der Waals surface area contributed by atoms with Crippen LogP contribution in [0.2, 0.25) is 0 Å². The summed E-state index contributed by atoms with van der Waals surface area (Å²) in [7, 11) is 0. The molecule has 0 unspecified atom stereocenters. The van der Waals surface area contributed by atoms with E-state index in [1.807, 2.05) is 0 Å². The van der Waals surface area contributed by atoms with Crippen LogP contribution in [0.15, 0.2) is 36.4 Å². The number of benzene rings is 2. The fraction of sp³-hybridized carbons (Fsp3) is 0.200. The van der Waals surface area contributed by atoms with Crippen LogP contribution in [0.1, 0.15) is 17.3 Å². The van der Waals surface area contributed by atoms with E-state index in [0.717, 1.165) is 0 Å². The third kappa shape index (κ3) is 3.12. The first-order valence-electron chi connectivity index (χ1n) is 6.29. The third-order valence-electron chi connectivity index (χ3n) is 2.90. The van der Waals surface area contributed by atoms with Crippen LogP contribution >= 0.6 is 0 Å². The molecule has 2 rings (SSSR count). The largest absolute Gasteiger partial charge is 0.355 e. The van der Waals surface area contributed by atoms with Crippen molar-refractivity contribution in [2.24, 2.45) is 0 Å². The minimum Gasteiger partial charge on any atom is -0.355 e. The van der Waals surface area contributed by atoms with Crippen LogP contribution in [-0.4, -0.2) is 24.9 Å². The van der Waals surface area contributed by atoms with Gasteiger partial charge < -0.3 is 10.6 Å². The molecule has 2 aromatic carbocycles. The predicted octanol–water partition coefficient (Wildman–Crippen LogP) is 1.84. The van der Waals surface area contributed by atoms with Crippen LogP contribution in [0.3, 0.4) is 0 Å². The fourth-order valence-electron chi connectivity index (χ4n) is 1.97. The highest BCUT2D eigenvalue weighted by Crippen LogP contribution is 2.21. The van der Waals surface area contributed by atoms with Crippen molar-refractivity contribution in [3.05, 3.63) is 47.8 Å². The van der Waals surface area contributed by atoms with E-state index in [1.54, 1.807) is 24.3 Å². The maximum absolute atomic E-state index is 13.6. The topological polar surface area (TPSA) is 58.2 Å². The van der Waals surface area contributed by atoms with Crippen LogP contribution in [-0.2, 0) is 4.79 Å². The number of fused-ring (bicyclic) bond motifs is 1. The van der Waals surface area contributed by atoms with Crippen LogP contribution in [0.5, 0.6) is 0 Å². The Balaban J connectivity index is 2.14. The van der Waals surface area contributed by atoms with E-state index in [9.17, 15) is 14.0 Å². The summed E-state index contributed by atoms with van der Waals surface area (Å²) in [6.45, 7) is 2.10. The highest BCUT2D eigenvalue weighted by Gasteiger charge is 2.11. The van der Waals surface area contributed by atoms with Crippen molar-refractivity contribution in [2.45, 2.75) is 6.92 Å². The van der Waals surface area contributed by atoms with Crippen LogP contribution < -0.4 is 10.6 Å². The molecule has 0 spiro atoms. The summed E-state index contributed by atoms with van der Waals surface area (Å²) in [6.07, 6.45) is 0. The van der Waals surface area contributed by atoms with E-state index in [-0.39, 0.29) is 17.6 Å². The van der Waals surface area contributed by atoms with Gasteiger partial charge in [0, 0.05) is 31.0 Å². The quantitative estimate of drug-likeness (QED) is 0.836. The van der Waals surface area contributed by atoms with E-state index in [1.165, 1.54) is 19.1 Å². The Morgan fingerprint density at radius 3 is 2.35 bits per heavy atom. The van der Waals surface area contributed by atoms with Crippen LogP contribution in [0.25, 0.3) is 10.8 Å². The molecule has 2 N–H and O–H groups in total. The Hall–Kier alpha value is -2.43. The number of carbonyl (C=O) groups is 2. The van der Waals surface area contributed by atoms with Crippen molar-refractivity contribution in [1.29, 1.82) is 0 Å². The number of halogens is 1. The van der Waals surface area contributed by atoms with Crippen molar-refractivity contribution in [2.75, 3.05) is 13.1 Å². The van der Waals surface area contributed by atoms with Crippen LogP contribution in [0, 0.1) is 5.82 Å². The first-order chi connectivity index (χ1) is 9.59. The molecule has 0 aliphatic rings. The van der Waals surface area contributed by atoms with Crippen molar-refractivity contribution in [3.63, 3.8) is 0 Å². The molecule has 2 aromatic rings. The maximum atomic E-state index is 13.6. The highest BCUT2D eigenvalue weighted by molar-refractivity contribution is 6.07.